The first-order valence-electron chi connectivity index (χ1n) is 5.26. The summed E-state index contributed by atoms with van der Waals surface area (Å²) in [5.74, 6) is 1.99. The van der Waals surface area contributed by atoms with E-state index in [1.54, 1.807) is 0 Å². The van der Waals surface area contributed by atoms with Crippen molar-refractivity contribution in [1.82, 2.24) is 15.2 Å². The molecule has 0 aliphatic heterocycles. The summed E-state index contributed by atoms with van der Waals surface area (Å²) in [6, 6.07) is 5.80. The average molecular weight is 236 g/mol. The van der Waals surface area contributed by atoms with Crippen molar-refractivity contribution in [2.45, 2.75) is 26.7 Å². The van der Waals surface area contributed by atoms with Crippen LogP contribution in [0.1, 0.15) is 31.2 Å². The van der Waals surface area contributed by atoms with Gasteiger partial charge >= 0.3 is 0 Å². The molecule has 0 atom stereocenters. The molecule has 3 nitrogen and oxygen atoms in total. The largest absolute Gasteiger partial charge is 0.262 e. The summed E-state index contributed by atoms with van der Waals surface area (Å²) >= 11 is 5.98. The molecule has 0 saturated carbocycles. The minimum atomic E-state index is 0.356. The van der Waals surface area contributed by atoms with Gasteiger partial charge in [0.05, 0.1) is 0 Å². The van der Waals surface area contributed by atoms with Crippen LogP contribution in [-0.4, -0.2) is 15.2 Å². The van der Waals surface area contributed by atoms with E-state index in [0.29, 0.717) is 5.92 Å². The maximum Gasteiger partial charge on any atom is 0.181 e. The number of benzene rings is 1. The molecular weight excluding hydrogens is 222 g/mol. The lowest BCUT2D eigenvalue weighted by Gasteiger charge is -2.00. The molecule has 2 aromatic rings. The monoisotopic (exact) mass is 235 g/mol. The Balaban J connectivity index is 2.39. The Labute approximate surface area is 99.9 Å². The first-order chi connectivity index (χ1) is 7.58. The number of halogens is 1. The molecule has 0 saturated heterocycles. The van der Waals surface area contributed by atoms with Crippen LogP contribution in [0.15, 0.2) is 18.2 Å². The fraction of sp³-hybridized carbons (Fsp3) is 0.333. The van der Waals surface area contributed by atoms with Crippen LogP contribution in [0.2, 0.25) is 5.02 Å². The molecular formula is C12H14ClN3. The van der Waals surface area contributed by atoms with Gasteiger partial charge in [-0.05, 0) is 30.7 Å². The van der Waals surface area contributed by atoms with Crippen molar-refractivity contribution in [2.75, 3.05) is 0 Å². The van der Waals surface area contributed by atoms with E-state index in [0.717, 1.165) is 27.8 Å². The van der Waals surface area contributed by atoms with Crippen molar-refractivity contribution >= 4 is 11.6 Å². The van der Waals surface area contributed by atoms with E-state index in [1.807, 2.05) is 25.1 Å². The smallest absolute Gasteiger partial charge is 0.181 e. The van der Waals surface area contributed by atoms with Crippen LogP contribution in [-0.2, 0) is 0 Å². The Morgan fingerprint density at radius 3 is 2.62 bits per heavy atom. The third kappa shape index (κ3) is 2.09. The quantitative estimate of drug-likeness (QED) is 0.865. The van der Waals surface area contributed by atoms with Gasteiger partial charge < -0.3 is 0 Å². The van der Waals surface area contributed by atoms with Crippen LogP contribution < -0.4 is 0 Å². The lowest BCUT2D eigenvalue weighted by atomic mass is 10.1. The van der Waals surface area contributed by atoms with Crippen molar-refractivity contribution in [3.8, 4) is 11.4 Å². The van der Waals surface area contributed by atoms with Gasteiger partial charge in [-0.1, -0.05) is 25.4 Å². The molecule has 1 aromatic carbocycles. The fourth-order valence-electron chi connectivity index (χ4n) is 1.45. The Bertz CT molecular complexity index is 503. The Kier molecular flexibility index (Phi) is 2.97. The zero-order valence-electron chi connectivity index (χ0n) is 9.58. The minimum Gasteiger partial charge on any atom is -0.262 e. The molecule has 4 heteroatoms. The second-order valence-corrected chi connectivity index (χ2v) is 4.57. The fourth-order valence-corrected chi connectivity index (χ4v) is 1.56. The maximum absolute atomic E-state index is 5.98. The van der Waals surface area contributed by atoms with Crippen molar-refractivity contribution in [1.29, 1.82) is 0 Å². The molecule has 2 rings (SSSR count). The first-order valence-corrected chi connectivity index (χ1v) is 5.64. The topological polar surface area (TPSA) is 41.6 Å². The Hall–Kier alpha value is -1.35. The summed E-state index contributed by atoms with van der Waals surface area (Å²) in [6.45, 7) is 6.14. The molecule has 0 bridgehead atoms. The van der Waals surface area contributed by atoms with Crippen molar-refractivity contribution in [3.05, 3.63) is 34.6 Å². The van der Waals surface area contributed by atoms with Crippen LogP contribution in [0.25, 0.3) is 11.4 Å². The molecule has 0 aliphatic rings. The molecule has 1 heterocycles. The summed E-state index contributed by atoms with van der Waals surface area (Å²) in [4.78, 5) is 4.44. The van der Waals surface area contributed by atoms with Gasteiger partial charge in [-0.2, -0.15) is 5.10 Å². The number of nitrogens with zero attached hydrogens (tertiary/aromatic N) is 2. The number of aryl methyl sites for hydroxylation is 1. The zero-order chi connectivity index (χ0) is 11.7. The summed E-state index contributed by atoms with van der Waals surface area (Å²) in [5, 5.41) is 7.91. The summed E-state index contributed by atoms with van der Waals surface area (Å²) in [5.41, 5.74) is 2.03. The van der Waals surface area contributed by atoms with E-state index in [2.05, 4.69) is 29.0 Å². The summed E-state index contributed by atoms with van der Waals surface area (Å²) in [6.07, 6.45) is 0. The lowest BCUT2D eigenvalue weighted by Crippen LogP contribution is -1.89. The second-order valence-electron chi connectivity index (χ2n) is 4.16. The van der Waals surface area contributed by atoms with Gasteiger partial charge in [-0.15, -0.1) is 0 Å². The van der Waals surface area contributed by atoms with Gasteiger partial charge in [-0.25, -0.2) is 4.98 Å². The van der Waals surface area contributed by atoms with Crippen LogP contribution in [0, 0.1) is 6.92 Å². The molecule has 1 N–H and O–H groups in total. The number of hydrogen-bond acceptors (Lipinski definition) is 2. The highest BCUT2D eigenvalue weighted by Gasteiger charge is 2.09. The van der Waals surface area contributed by atoms with Gasteiger partial charge in [0.15, 0.2) is 5.82 Å². The van der Waals surface area contributed by atoms with Gasteiger partial charge in [0.25, 0.3) is 0 Å². The number of H-pyrrole nitrogens is 1. The highest BCUT2D eigenvalue weighted by Crippen LogP contribution is 2.23. The van der Waals surface area contributed by atoms with Crippen LogP contribution >= 0.6 is 11.6 Å². The number of nitrogens with one attached hydrogen (secondary N) is 1. The van der Waals surface area contributed by atoms with E-state index < -0.39 is 0 Å². The standard InChI is InChI=1S/C12H14ClN3/c1-7(2)11-14-12(16-15-11)9-4-5-10(13)8(3)6-9/h4-7H,1-3H3,(H,14,15,16). The molecule has 0 radical (unpaired) electrons. The SMILES string of the molecule is Cc1cc(-c2n[nH]c(C(C)C)n2)ccc1Cl. The molecule has 84 valence electrons. The van der Waals surface area contributed by atoms with Crippen LogP contribution in [0.3, 0.4) is 0 Å². The van der Waals surface area contributed by atoms with Gasteiger partial charge in [0.2, 0.25) is 0 Å². The third-order valence-electron chi connectivity index (χ3n) is 2.47. The third-order valence-corrected chi connectivity index (χ3v) is 2.89. The molecule has 0 unspecified atom stereocenters. The molecule has 0 amide bonds. The van der Waals surface area contributed by atoms with Crippen LogP contribution in [0.4, 0.5) is 0 Å². The van der Waals surface area contributed by atoms with Gasteiger partial charge in [0, 0.05) is 16.5 Å². The molecule has 0 aliphatic carbocycles. The number of aromatic amines is 1. The highest BCUT2D eigenvalue weighted by atomic mass is 35.5. The summed E-state index contributed by atoms with van der Waals surface area (Å²) in [7, 11) is 0. The predicted octanol–water partition coefficient (Wildman–Crippen LogP) is 3.56. The number of hydrogen-bond donors (Lipinski definition) is 1. The van der Waals surface area contributed by atoms with Crippen LogP contribution in [0.5, 0.6) is 0 Å². The Morgan fingerprint density at radius 1 is 1.31 bits per heavy atom. The minimum absolute atomic E-state index is 0.356. The average Bonchev–Trinajstić information content (AvgIpc) is 2.71. The lowest BCUT2D eigenvalue weighted by molar-refractivity contribution is 0.781. The van der Waals surface area contributed by atoms with Crippen molar-refractivity contribution < 1.29 is 0 Å². The van der Waals surface area contributed by atoms with Crippen molar-refractivity contribution in [3.63, 3.8) is 0 Å². The Morgan fingerprint density at radius 2 is 2.06 bits per heavy atom. The normalized spacial score (nSPS) is 11.1. The predicted molar refractivity (Wildman–Crippen MR) is 65.7 cm³/mol. The van der Waals surface area contributed by atoms with E-state index in [1.165, 1.54) is 0 Å². The maximum atomic E-state index is 5.98. The highest BCUT2D eigenvalue weighted by molar-refractivity contribution is 6.31. The van der Waals surface area contributed by atoms with E-state index in [-0.39, 0.29) is 0 Å². The zero-order valence-corrected chi connectivity index (χ0v) is 10.3. The molecule has 1 aromatic heterocycles. The van der Waals surface area contributed by atoms with E-state index in [4.69, 9.17) is 11.6 Å². The number of aromatic nitrogens is 3. The molecule has 16 heavy (non-hydrogen) atoms. The van der Waals surface area contributed by atoms with Crippen molar-refractivity contribution in [2.24, 2.45) is 0 Å². The van der Waals surface area contributed by atoms with E-state index in [9.17, 15) is 0 Å². The summed E-state index contributed by atoms with van der Waals surface area (Å²) < 4.78 is 0. The van der Waals surface area contributed by atoms with Gasteiger partial charge in [0.1, 0.15) is 5.82 Å². The first kappa shape index (κ1) is 11.1. The van der Waals surface area contributed by atoms with Gasteiger partial charge in [-0.3, -0.25) is 5.10 Å². The second kappa shape index (κ2) is 4.26. The van der Waals surface area contributed by atoms with E-state index >= 15 is 0 Å². The molecule has 0 fully saturated rings. The molecule has 0 spiro atoms. The number of rotatable bonds is 2.